The standard InChI is InChI=1S/C22H25N3OS/c1-25(2)14-13-18-19(22(23)26)21(15-7-5-4-6-8-15)24-20(18)16-9-11-17(27-3)12-10-16/h4-12,24H,13-14H2,1-3H3,(H2,23,26). The van der Waals surface area contributed by atoms with Gasteiger partial charge in [-0.1, -0.05) is 42.5 Å². The van der Waals surface area contributed by atoms with Crippen LogP contribution < -0.4 is 5.73 Å². The Balaban J connectivity index is 2.19. The molecule has 3 rings (SSSR count). The van der Waals surface area contributed by atoms with Crippen molar-refractivity contribution in [3.8, 4) is 22.5 Å². The van der Waals surface area contributed by atoms with E-state index in [4.69, 9.17) is 5.73 Å². The molecule has 0 fully saturated rings. The third kappa shape index (κ3) is 4.26. The van der Waals surface area contributed by atoms with Crippen LogP contribution in [-0.2, 0) is 6.42 Å². The lowest BCUT2D eigenvalue weighted by atomic mass is 9.98. The van der Waals surface area contributed by atoms with Crippen molar-refractivity contribution in [2.75, 3.05) is 26.9 Å². The molecule has 5 heteroatoms. The van der Waals surface area contributed by atoms with Crippen LogP contribution in [0.25, 0.3) is 22.5 Å². The summed E-state index contributed by atoms with van der Waals surface area (Å²) >= 11 is 1.71. The second-order valence-electron chi connectivity index (χ2n) is 6.74. The Bertz CT molecular complexity index is 915. The number of carbonyl (C=O) groups excluding carboxylic acids is 1. The molecule has 3 aromatic rings. The maximum atomic E-state index is 12.4. The van der Waals surface area contributed by atoms with Gasteiger partial charge < -0.3 is 15.6 Å². The quantitative estimate of drug-likeness (QED) is 0.603. The molecule has 27 heavy (non-hydrogen) atoms. The minimum Gasteiger partial charge on any atom is -0.366 e. The molecule has 0 atom stereocenters. The third-order valence-corrected chi connectivity index (χ3v) is 5.34. The molecule has 140 valence electrons. The van der Waals surface area contributed by atoms with Gasteiger partial charge in [0.25, 0.3) is 5.91 Å². The van der Waals surface area contributed by atoms with E-state index in [0.29, 0.717) is 5.56 Å². The summed E-state index contributed by atoms with van der Waals surface area (Å²) in [4.78, 5) is 19.2. The van der Waals surface area contributed by atoms with Gasteiger partial charge in [-0.3, -0.25) is 4.79 Å². The predicted molar refractivity (Wildman–Crippen MR) is 114 cm³/mol. The van der Waals surface area contributed by atoms with Crippen LogP contribution >= 0.6 is 11.8 Å². The van der Waals surface area contributed by atoms with Crippen molar-refractivity contribution in [3.05, 3.63) is 65.7 Å². The Hall–Kier alpha value is -2.50. The second-order valence-corrected chi connectivity index (χ2v) is 7.62. The van der Waals surface area contributed by atoms with Crippen molar-refractivity contribution in [3.63, 3.8) is 0 Å². The lowest BCUT2D eigenvalue weighted by Gasteiger charge is -2.12. The van der Waals surface area contributed by atoms with Crippen LogP contribution in [0.2, 0.25) is 0 Å². The van der Waals surface area contributed by atoms with Crippen LogP contribution in [0.15, 0.2) is 59.5 Å². The van der Waals surface area contributed by atoms with E-state index in [2.05, 4.69) is 40.4 Å². The molecule has 0 saturated carbocycles. The number of hydrogen-bond donors (Lipinski definition) is 2. The van der Waals surface area contributed by atoms with Gasteiger partial charge in [-0.15, -0.1) is 11.8 Å². The number of aromatic nitrogens is 1. The van der Waals surface area contributed by atoms with Crippen LogP contribution in [0.1, 0.15) is 15.9 Å². The molecule has 2 aromatic carbocycles. The van der Waals surface area contributed by atoms with Gasteiger partial charge in [0.05, 0.1) is 11.3 Å². The number of benzene rings is 2. The Morgan fingerprint density at radius 2 is 1.63 bits per heavy atom. The topological polar surface area (TPSA) is 62.1 Å². The van der Waals surface area contributed by atoms with Gasteiger partial charge in [-0.2, -0.15) is 0 Å². The highest BCUT2D eigenvalue weighted by atomic mass is 32.2. The van der Waals surface area contributed by atoms with E-state index in [1.165, 1.54) is 4.90 Å². The van der Waals surface area contributed by atoms with Gasteiger partial charge in [0.15, 0.2) is 0 Å². The second kappa shape index (κ2) is 8.46. The minimum absolute atomic E-state index is 0.397. The molecular formula is C22H25N3OS. The average molecular weight is 380 g/mol. The Kier molecular flexibility index (Phi) is 6.04. The number of hydrogen-bond acceptors (Lipinski definition) is 3. The molecule has 4 nitrogen and oxygen atoms in total. The van der Waals surface area contributed by atoms with Crippen LogP contribution in [0.5, 0.6) is 0 Å². The number of likely N-dealkylation sites (N-methyl/N-ethyl adjacent to an activating group) is 1. The molecule has 0 spiro atoms. The number of amides is 1. The summed E-state index contributed by atoms with van der Waals surface area (Å²) in [6, 6.07) is 18.3. The van der Waals surface area contributed by atoms with Gasteiger partial charge in [-0.05, 0) is 55.6 Å². The first kappa shape index (κ1) is 19.3. The van der Waals surface area contributed by atoms with Crippen molar-refractivity contribution in [1.82, 2.24) is 9.88 Å². The molecular weight excluding hydrogens is 354 g/mol. The number of carbonyl (C=O) groups is 1. The fraction of sp³-hybridized carbons (Fsp3) is 0.227. The smallest absolute Gasteiger partial charge is 0.251 e. The molecule has 0 bridgehead atoms. The van der Waals surface area contributed by atoms with E-state index < -0.39 is 5.91 Å². The van der Waals surface area contributed by atoms with E-state index in [0.717, 1.165) is 41.0 Å². The van der Waals surface area contributed by atoms with Crippen LogP contribution in [0.4, 0.5) is 0 Å². The molecule has 0 saturated heterocycles. The summed E-state index contributed by atoms with van der Waals surface area (Å²) in [7, 11) is 4.06. The summed E-state index contributed by atoms with van der Waals surface area (Å²) in [6.07, 6.45) is 2.80. The SMILES string of the molecule is CSc1ccc(-c2[nH]c(-c3ccccc3)c(C(N)=O)c2CCN(C)C)cc1. The minimum atomic E-state index is -0.397. The van der Waals surface area contributed by atoms with E-state index in [1.54, 1.807) is 11.8 Å². The predicted octanol–water partition coefficient (Wildman–Crippen LogP) is 4.27. The number of nitrogens with two attached hydrogens (primary N) is 1. The van der Waals surface area contributed by atoms with Crippen molar-refractivity contribution in [1.29, 1.82) is 0 Å². The Labute approximate surface area is 164 Å². The zero-order valence-electron chi connectivity index (χ0n) is 16.0. The van der Waals surface area contributed by atoms with Crippen LogP contribution in [0, 0.1) is 0 Å². The highest BCUT2D eigenvalue weighted by molar-refractivity contribution is 7.98. The first-order chi connectivity index (χ1) is 13.0. The number of H-pyrrole nitrogens is 1. The molecule has 1 heterocycles. The Morgan fingerprint density at radius 1 is 1.00 bits per heavy atom. The van der Waals surface area contributed by atoms with Gasteiger partial charge in [0.1, 0.15) is 0 Å². The van der Waals surface area contributed by atoms with Gasteiger partial charge >= 0.3 is 0 Å². The fourth-order valence-electron chi connectivity index (χ4n) is 3.22. The van der Waals surface area contributed by atoms with Crippen molar-refractivity contribution >= 4 is 17.7 Å². The maximum Gasteiger partial charge on any atom is 0.251 e. The van der Waals surface area contributed by atoms with Crippen molar-refractivity contribution in [2.24, 2.45) is 5.73 Å². The largest absolute Gasteiger partial charge is 0.366 e. The highest BCUT2D eigenvalue weighted by Crippen LogP contribution is 2.34. The summed E-state index contributed by atoms with van der Waals surface area (Å²) in [6.45, 7) is 0.836. The molecule has 0 unspecified atom stereocenters. The van der Waals surface area contributed by atoms with Crippen molar-refractivity contribution in [2.45, 2.75) is 11.3 Å². The van der Waals surface area contributed by atoms with E-state index in [1.807, 2.05) is 44.4 Å². The molecule has 0 aliphatic rings. The number of primary amides is 1. The van der Waals surface area contributed by atoms with Gasteiger partial charge in [-0.25, -0.2) is 0 Å². The monoisotopic (exact) mass is 379 g/mol. The zero-order valence-corrected chi connectivity index (χ0v) is 16.8. The average Bonchev–Trinajstić information content (AvgIpc) is 3.07. The van der Waals surface area contributed by atoms with Crippen LogP contribution in [0.3, 0.4) is 0 Å². The van der Waals surface area contributed by atoms with Gasteiger partial charge in [0.2, 0.25) is 0 Å². The first-order valence-electron chi connectivity index (χ1n) is 8.90. The summed E-state index contributed by atoms with van der Waals surface area (Å²) in [5, 5.41) is 0. The molecule has 0 aliphatic carbocycles. The molecule has 0 aliphatic heterocycles. The lowest BCUT2D eigenvalue weighted by molar-refractivity contribution is 0.1000. The third-order valence-electron chi connectivity index (χ3n) is 4.60. The number of nitrogens with one attached hydrogen (secondary N) is 1. The normalized spacial score (nSPS) is 11.1. The van der Waals surface area contributed by atoms with E-state index in [9.17, 15) is 4.79 Å². The highest BCUT2D eigenvalue weighted by Gasteiger charge is 2.23. The zero-order chi connectivity index (χ0) is 19.4. The number of thioether (sulfide) groups is 1. The molecule has 0 radical (unpaired) electrons. The Morgan fingerprint density at radius 3 is 2.19 bits per heavy atom. The maximum absolute atomic E-state index is 12.4. The number of nitrogens with zero attached hydrogens (tertiary/aromatic N) is 1. The summed E-state index contributed by atoms with van der Waals surface area (Å²) in [5.41, 5.74) is 11.2. The summed E-state index contributed by atoms with van der Waals surface area (Å²) in [5.74, 6) is -0.397. The van der Waals surface area contributed by atoms with Crippen LogP contribution in [-0.4, -0.2) is 42.7 Å². The first-order valence-corrected chi connectivity index (χ1v) is 10.1. The van der Waals surface area contributed by atoms with Gasteiger partial charge in [0, 0.05) is 17.1 Å². The van der Waals surface area contributed by atoms with Crippen molar-refractivity contribution < 1.29 is 4.79 Å². The molecule has 1 aromatic heterocycles. The fourth-order valence-corrected chi connectivity index (χ4v) is 3.63. The number of rotatable bonds is 7. The number of aromatic amines is 1. The molecule has 1 amide bonds. The van der Waals surface area contributed by atoms with E-state index >= 15 is 0 Å². The van der Waals surface area contributed by atoms with E-state index in [-0.39, 0.29) is 0 Å². The molecule has 3 N–H and O–H groups in total. The summed E-state index contributed by atoms with van der Waals surface area (Å²) < 4.78 is 0. The lowest BCUT2D eigenvalue weighted by Crippen LogP contribution is -2.18.